The van der Waals surface area contributed by atoms with Gasteiger partial charge in [-0.15, -0.1) is 0 Å². The van der Waals surface area contributed by atoms with E-state index in [1.807, 2.05) is 31.2 Å². The van der Waals surface area contributed by atoms with Crippen LogP contribution in [0.2, 0.25) is 0 Å². The number of methoxy groups -OCH3 is 1. The van der Waals surface area contributed by atoms with Gasteiger partial charge in [-0.3, -0.25) is 9.59 Å². The van der Waals surface area contributed by atoms with Crippen molar-refractivity contribution in [3.63, 3.8) is 0 Å². The summed E-state index contributed by atoms with van der Waals surface area (Å²) in [5, 5.41) is 10.2. The monoisotopic (exact) mass is 303 g/mol. The van der Waals surface area contributed by atoms with Crippen LogP contribution in [-0.2, 0) is 14.3 Å². The lowest BCUT2D eigenvalue weighted by molar-refractivity contribution is -0.130. The second kappa shape index (κ2) is 6.75. The Bertz CT molecular complexity index is 621. The SMILES string of the molecule is CCC(=O)C1=C(O)C(=O)N(CCOC)C1c1ccccc1C. The minimum atomic E-state index is -0.545. The molecule has 0 radical (unpaired) electrons. The molecule has 0 aromatic heterocycles. The maximum atomic E-state index is 12.3. The van der Waals surface area contributed by atoms with Crippen LogP contribution in [0.1, 0.15) is 30.5 Å². The molecule has 0 saturated heterocycles. The van der Waals surface area contributed by atoms with Crippen LogP contribution in [0.3, 0.4) is 0 Å². The summed E-state index contributed by atoms with van der Waals surface area (Å²) in [7, 11) is 1.55. The molecule has 1 N–H and O–H groups in total. The predicted octanol–water partition coefficient (Wildman–Crippen LogP) is 2.32. The summed E-state index contributed by atoms with van der Waals surface area (Å²) < 4.78 is 5.04. The van der Waals surface area contributed by atoms with E-state index in [4.69, 9.17) is 4.74 Å². The summed E-state index contributed by atoms with van der Waals surface area (Å²) in [4.78, 5) is 26.1. The van der Waals surface area contributed by atoms with Gasteiger partial charge in [0.15, 0.2) is 11.5 Å². The van der Waals surface area contributed by atoms with E-state index in [0.29, 0.717) is 13.2 Å². The Hall–Kier alpha value is -2.14. The summed E-state index contributed by atoms with van der Waals surface area (Å²) in [6, 6.07) is 7.04. The highest BCUT2D eigenvalue weighted by molar-refractivity contribution is 6.08. The Morgan fingerprint density at radius 2 is 2.05 bits per heavy atom. The number of benzene rings is 1. The highest BCUT2D eigenvalue weighted by atomic mass is 16.5. The van der Waals surface area contributed by atoms with Gasteiger partial charge in [-0.2, -0.15) is 0 Å². The van der Waals surface area contributed by atoms with E-state index < -0.39 is 17.7 Å². The average Bonchev–Trinajstić information content (AvgIpc) is 2.77. The molecule has 1 heterocycles. The second-order valence-electron chi connectivity index (χ2n) is 5.29. The third-order valence-corrected chi connectivity index (χ3v) is 3.94. The van der Waals surface area contributed by atoms with Crippen molar-refractivity contribution >= 4 is 11.7 Å². The van der Waals surface area contributed by atoms with Crippen molar-refractivity contribution in [1.29, 1.82) is 0 Å². The molecule has 0 fully saturated rings. The first kappa shape index (κ1) is 16.2. The molecule has 0 bridgehead atoms. The van der Waals surface area contributed by atoms with Gasteiger partial charge in [0.05, 0.1) is 18.2 Å². The fraction of sp³-hybridized carbons (Fsp3) is 0.412. The molecular formula is C17H21NO4. The molecule has 0 spiro atoms. The van der Waals surface area contributed by atoms with E-state index in [-0.39, 0.29) is 17.8 Å². The molecule has 1 atom stereocenters. The van der Waals surface area contributed by atoms with Gasteiger partial charge in [0.1, 0.15) is 0 Å². The number of ether oxygens (including phenoxy) is 1. The number of rotatable bonds is 6. The number of aryl methyl sites for hydroxylation is 1. The number of aliphatic hydroxyl groups excluding tert-OH is 1. The number of aliphatic hydroxyl groups is 1. The number of Topliss-reactive ketones (excluding diaryl/α,β-unsaturated/α-hetero) is 1. The Morgan fingerprint density at radius 1 is 1.36 bits per heavy atom. The van der Waals surface area contributed by atoms with E-state index in [9.17, 15) is 14.7 Å². The molecule has 5 heteroatoms. The first-order valence-electron chi connectivity index (χ1n) is 7.34. The van der Waals surface area contributed by atoms with E-state index in [0.717, 1.165) is 11.1 Å². The Kier molecular flexibility index (Phi) is 4.98. The summed E-state index contributed by atoms with van der Waals surface area (Å²) in [5.41, 5.74) is 2.02. The quantitative estimate of drug-likeness (QED) is 0.876. The summed E-state index contributed by atoms with van der Waals surface area (Å²) in [5.74, 6) is -1.16. The largest absolute Gasteiger partial charge is 0.503 e. The van der Waals surface area contributed by atoms with E-state index in [1.165, 1.54) is 4.90 Å². The zero-order valence-corrected chi connectivity index (χ0v) is 13.1. The van der Waals surface area contributed by atoms with Gasteiger partial charge >= 0.3 is 0 Å². The molecular weight excluding hydrogens is 282 g/mol. The zero-order valence-electron chi connectivity index (χ0n) is 13.1. The topological polar surface area (TPSA) is 66.8 Å². The third-order valence-electron chi connectivity index (χ3n) is 3.94. The van der Waals surface area contributed by atoms with Gasteiger partial charge in [0.25, 0.3) is 5.91 Å². The molecule has 1 aromatic carbocycles. The van der Waals surface area contributed by atoms with Crippen LogP contribution in [0.25, 0.3) is 0 Å². The lowest BCUT2D eigenvalue weighted by atomic mass is 9.92. The van der Waals surface area contributed by atoms with Crippen LogP contribution < -0.4 is 0 Å². The fourth-order valence-electron chi connectivity index (χ4n) is 2.77. The van der Waals surface area contributed by atoms with Crippen LogP contribution in [0.4, 0.5) is 0 Å². The molecule has 2 rings (SSSR count). The standard InChI is InChI=1S/C17H21NO4/c1-4-13(19)14-15(12-8-6-5-7-11(12)2)18(9-10-22-3)17(21)16(14)20/h5-8,15,20H,4,9-10H2,1-3H3. The number of hydrogen-bond acceptors (Lipinski definition) is 4. The first-order chi connectivity index (χ1) is 10.5. The number of nitrogens with zero attached hydrogens (tertiary/aromatic N) is 1. The molecule has 0 saturated carbocycles. The third kappa shape index (κ3) is 2.76. The Morgan fingerprint density at radius 3 is 2.64 bits per heavy atom. The maximum Gasteiger partial charge on any atom is 0.290 e. The van der Waals surface area contributed by atoms with Gasteiger partial charge in [-0.1, -0.05) is 31.2 Å². The first-order valence-corrected chi connectivity index (χ1v) is 7.34. The summed E-state index contributed by atoms with van der Waals surface area (Å²) in [6.45, 7) is 4.31. The Balaban J connectivity index is 2.53. The maximum absolute atomic E-state index is 12.3. The van der Waals surface area contributed by atoms with E-state index in [1.54, 1.807) is 14.0 Å². The second-order valence-corrected chi connectivity index (χ2v) is 5.29. The minimum absolute atomic E-state index is 0.193. The van der Waals surface area contributed by atoms with Gasteiger partial charge in [-0.05, 0) is 18.1 Å². The molecule has 1 aliphatic heterocycles. The lowest BCUT2D eigenvalue weighted by Gasteiger charge is -2.27. The molecule has 0 aliphatic carbocycles. The van der Waals surface area contributed by atoms with Crippen molar-refractivity contribution < 1.29 is 19.4 Å². The van der Waals surface area contributed by atoms with E-state index >= 15 is 0 Å². The summed E-state index contributed by atoms with van der Waals surface area (Å²) >= 11 is 0. The van der Waals surface area contributed by atoms with Crippen LogP contribution in [0.5, 0.6) is 0 Å². The smallest absolute Gasteiger partial charge is 0.290 e. The highest BCUT2D eigenvalue weighted by Crippen LogP contribution is 2.39. The number of hydrogen-bond donors (Lipinski definition) is 1. The normalized spacial score (nSPS) is 18.2. The Labute approximate surface area is 130 Å². The van der Waals surface area contributed by atoms with E-state index in [2.05, 4.69) is 0 Å². The molecule has 1 aliphatic rings. The number of amides is 1. The van der Waals surface area contributed by atoms with Crippen molar-refractivity contribution in [2.24, 2.45) is 0 Å². The fourth-order valence-corrected chi connectivity index (χ4v) is 2.77. The number of carbonyl (C=O) groups excluding carboxylic acids is 2. The van der Waals surface area contributed by atoms with Gasteiger partial charge < -0.3 is 14.7 Å². The van der Waals surface area contributed by atoms with Crippen molar-refractivity contribution in [1.82, 2.24) is 4.90 Å². The van der Waals surface area contributed by atoms with Crippen LogP contribution in [0, 0.1) is 6.92 Å². The molecule has 5 nitrogen and oxygen atoms in total. The molecule has 22 heavy (non-hydrogen) atoms. The molecule has 1 aromatic rings. The predicted molar refractivity (Wildman–Crippen MR) is 82.5 cm³/mol. The number of carbonyl (C=O) groups is 2. The average molecular weight is 303 g/mol. The highest BCUT2D eigenvalue weighted by Gasteiger charge is 2.43. The number of ketones is 1. The van der Waals surface area contributed by atoms with Crippen molar-refractivity contribution in [3.05, 3.63) is 46.7 Å². The molecule has 1 amide bonds. The van der Waals surface area contributed by atoms with Crippen molar-refractivity contribution in [3.8, 4) is 0 Å². The van der Waals surface area contributed by atoms with Gasteiger partial charge in [0, 0.05) is 20.1 Å². The van der Waals surface area contributed by atoms with Gasteiger partial charge in [0.2, 0.25) is 0 Å². The molecule has 1 unspecified atom stereocenters. The minimum Gasteiger partial charge on any atom is -0.503 e. The zero-order chi connectivity index (χ0) is 16.3. The van der Waals surface area contributed by atoms with Crippen molar-refractivity contribution in [2.75, 3.05) is 20.3 Å². The van der Waals surface area contributed by atoms with Crippen LogP contribution in [-0.4, -0.2) is 42.0 Å². The van der Waals surface area contributed by atoms with Crippen LogP contribution >= 0.6 is 0 Å². The summed E-state index contributed by atoms with van der Waals surface area (Å²) in [6.07, 6.45) is 0.243. The van der Waals surface area contributed by atoms with Crippen molar-refractivity contribution in [2.45, 2.75) is 26.3 Å². The molecule has 118 valence electrons. The lowest BCUT2D eigenvalue weighted by Crippen LogP contribution is -2.34. The van der Waals surface area contributed by atoms with Crippen LogP contribution in [0.15, 0.2) is 35.6 Å². The van der Waals surface area contributed by atoms with Gasteiger partial charge in [-0.25, -0.2) is 0 Å².